The van der Waals surface area contributed by atoms with Gasteiger partial charge in [-0.05, 0) is 55.0 Å². The van der Waals surface area contributed by atoms with Gasteiger partial charge >= 0.3 is 0 Å². The van der Waals surface area contributed by atoms with E-state index in [0.29, 0.717) is 18.0 Å². The molecule has 2 aromatic rings. The van der Waals surface area contributed by atoms with Crippen molar-refractivity contribution in [1.29, 1.82) is 0 Å². The maximum Gasteiger partial charge on any atom is 0.0408 e. The molecule has 1 saturated carbocycles. The van der Waals surface area contributed by atoms with Crippen LogP contribution in [0.4, 0.5) is 0 Å². The Morgan fingerprint density at radius 2 is 2.10 bits per heavy atom. The summed E-state index contributed by atoms with van der Waals surface area (Å²) in [7, 11) is 0. The van der Waals surface area contributed by atoms with Crippen LogP contribution in [-0.4, -0.2) is 11.0 Å². The number of benzene rings is 1. The minimum Gasteiger partial charge on any atom is -0.307 e. The molecule has 1 heterocycles. The van der Waals surface area contributed by atoms with E-state index in [2.05, 4.69) is 35.4 Å². The SMILES string of the molecule is CC(NC1CC(c2cccc(Cl)c2)C1)c1cccnc1. The van der Waals surface area contributed by atoms with Crippen LogP contribution in [-0.2, 0) is 0 Å². The van der Waals surface area contributed by atoms with Crippen molar-refractivity contribution < 1.29 is 0 Å². The summed E-state index contributed by atoms with van der Waals surface area (Å²) in [6.07, 6.45) is 6.12. The molecule has 20 heavy (non-hydrogen) atoms. The van der Waals surface area contributed by atoms with Gasteiger partial charge in [-0.15, -0.1) is 0 Å². The maximum absolute atomic E-state index is 6.05. The van der Waals surface area contributed by atoms with Gasteiger partial charge in [0, 0.05) is 29.5 Å². The molecule has 0 amide bonds. The molecule has 1 aliphatic carbocycles. The van der Waals surface area contributed by atoms with Crippen molar-refractivity contribution in [2.45, 2.75) is 37.8 Å². The number of nitrogens with zero attached hydrogens (tertiary/aromatic N) is 1. The summed E-state index contributed by atoms with van der Waals surface area (Å²) in [6.45, 7) is 2.20. The van der Waals surface area contributed by atoms with E-state index in [1.807, 2.05) is 30.6 Å². The first-order chi connectivity index (χ1) is 9.72. The summed E-state index contributed by atoms with van der Waals surface area (Å²) in [5.74, 6) is 0.646. The summed E-state index contributed by atoms with van der Waals surface area (Å²) >= 11 is 6.05. The monoisotopic (exact) mass is 286 g/mol. The summed E-state index contributed by atoms with van der Waals surface area (Å²) in [5.41, 5.74) is 2.61. The largest absolute Gasteiger partial charge is 0.307 e. The summed E-state index contributed by atoms with van der Waals surface area (Å²) in [6, 6.07) is 13.3. The van der Waals surface area contributed by atoms with Gasteiger partial charge in [0.05, 0.1) is 0 Å². The van der Waals surface area contributed by atoms with E-state index in [4.69, 9.17) is 11.6 Å². The van der Waals surface area contributed by atoms with E-state index >= 15 is 0 Å². The molecule has 2 nitrogen and oxygen atoms in total. The van der Waals surface area contributed by atoms with Crippen molar-refractivity contribution in [3.63, 3.8) is 0 Å². The van der Waals surface area contributed by atoms with E-state index < -0.39 is 0 Å². The van der Waals surface area contributed by atoms with Gasteiger partial charge in [-0.2, -0.15) is 0 Å². The third kappa shape index (κ3) is 3.02. The fourth-order valence-corrected chi connectivity index (χ4v) is 3.07. The zero-order valence-corrected chi connectivity index (χ0v) is 12.3. The zero-order valence-electron chi connectivity index (χ0n) is 11.6. The van der Waals surface area contributed by atoms with Crippen LogP contribution in [0, 0.1) is 0 Å². The van der Waals surface area contributed by atoms with Gasteiger partial charge in [-0.25, -0.2) is 0 Å². The van der Waals surface area contributed by atoms with Gasteiger partial charge in [-0.3, -0.25) is 4.98 Å². The molecule has 3 rings (SSSR count). The van der Waals surface area contributed by atoms with Crippen LogP contribution in [0.5, 0.6) is 0 Å². The van der Waals surface area contributed by atoms with E-state index in [-0.39, 0.29) is 0 Å². The first-order valence-electron chi connectivity index (χ1n) is 7.14. The van der Waals surface area contributed by atoms with Crippen LogP contribution < -0.4 is 5.32 Å². The average molecular weight is 287 g/mol. The maximum atomic E-state index is 6.05. The van der Waals surface area contributed by atoms with Gasteiger partial charge in [0.15, 0.2) is 0 Å². The Morgan fingerprint density at radius 3 is 2.80 bits per heavy atom. The van der Waals surface area contributed by atoms with Crippen molar-refractivity contribution in [3.8, 4) is 0 Å². The predicted molar refractivity (Wildman–Crippen MR) is 83.0 cm³/mol. The Morgan fingerprint density at radius 1 is 1.25 bits per heavy atom. The molecule has 0 radical (unpaired) electrons. The van der Waals surface area contributed by atoms with Crippen LogP contribution in [0.2, 0.25) is 5.02 Å². The van der Waals surface area contributed by atoms with Crippen LogP contribution in [0.3, 0.4) is 0 Å². The molecular weight excluding hydrogens is 268 g/mol. The highest BCUT2D eigenvalue weighted by molar-refractivity contribution is 6.30. The summed E-state index contributed by atoms with van der Waals surface area (Å²) in [4.78, 5) is 4.17. The molecule has 1 atom stereocenters. The molecule has 0 bridgehead atoms. The molecule has 0 saturated heterocycles. The molecule has 104 valence electrons. The van der Waals surface area contributed by atoms with Gasteiger partial charge in [0.25, 0.3) is 0 Å². The van der Waals surface area contributed by atoms with Crippen molar-refractivity contribution in [3.05, 3.63) is 64.9 Å². The second-order valence-electron chi connectivity index (χ2n) is 5.59. The van der Waals surface area contributed by atoms with E-state index in [0.717, 1.165) is 5.02 Å². The second kappa shape index (κ2) is 5.94. The summed E-state index contributed by atoms with van der Waals surface area (Å²) < 4.78 is 0. The van der Waals surface area contributed by atoms with Gasteiger partial charge in [-0.1, -0.05) is 29.8 Å². The quantitative estimate of drug-likeness (QED) is 0.905. The first-order valence-corrected chi connectivity index (χ1v) is 7.51. The molecule has 3 heteroatoms. The number of nitrogens with one attached hydrogen (secondary N) is 1. The summed E-state index contributed by atoms with van der Waals surface area (Å²) in [5, 5.41) is 4.51. The van der Waals surface area contributed by atoms with E-state index in [1.54, 1.807) is 0 Å². The third-order valence-corrected chi connectivity index (χ3v) is 4.36. The Balaban J connectivity index is 1.54. The molecule has 1 aromatic heterocycles. The number of hydrogen-bond donors (Lipinski definition) is 1. The Kier molecular flexibility index (Phi) is 4.04. The molecule has 1 aliphatic rings. The normalized spacial score (nSPS) is 23.1. The number of rotatable bonds is 4. The molecule has 1 fully saturated rings. The number of pyridine rings is 1. The van der Waals surface area contributed by atoms with Crippen molar-refractivity contribution >= 4 is 11.6 Å². The first kappa shape index (κ1) is 13.6. The van der Waals surface area contributed by atoms with Gasteiger partial charge < -0.3 is 5.32 Å². The molecule has 1 aromatic carbocycles. The molecule has 1 unspecified atom stereocenters. The fraction of sp³-hybridized carbons (Fsp3) is 0.353. The predicted octanol–water partition coefficient (Wildman–Crippen LogP) is 4.33. The number of aromatic nitrogens is 1. The topological polar surface area (TPSA) is 24.9 Å². The lowest BCUT2D eigenvalue weighted by atomic mass is 9.75. The lowest BCUT2D eigenvalue weighted by Gasteiger charge is -2.38. The van der Waals surface area contributed by atoms with Crippen molar-refractivity contribution in [1.82, 2.24) is 10.3 Å². The zero-order chi connectivity index (χ0) is 13.9. The lowest BCUT2D eigenvalue weighted by Crippen LogP contribution is -2.41. The van der Waals surface area contributed by atoms with Crippen LogP contribution in [0.1, 0.15) is 42.9 Å². The minimum absolute atomic E-state index is 0.356. The standard InChI is InChI=1S/C17H19ClN2/c1-12(14-5-3-7-19-11-14)20-17-9-15(10-17)13-4-2-6-16(18)8-13/h2-8,11-12,15,17,20H,9-10H2,1H3. The molecule has 1 N–H and O–H groups in total. The average Bonchev–Trinajstić information content (AvgIpc) is 2.43. The van der Waals surface area contributed by atoms with E-state index in [9.17, 15) is 0 Å². The van der Waals surface area contributed by atoms with E-state index in [1.165, 1.54) is 24.0 Å². The highest BCUT2D eigenvalue weighted by Gasteiger charge is 2.31. The minimum atomic E-state index is 0.356. The highest BCUT2D eigenvalue weighted by atomic mass is 35.5. The second-order valence-corrected chi connectivity index (χ2v) is 6.03. The van der Waals surface area contributed by atoms with Gasteiger partial charge in [0.2, 0.25) is 0 Å². The third-order valence-electron chi connectivity index (χ3n) is 4.13. The van der Waals surface area contributed by atoms with Crippen LogP contribution in [0.25, 0.3) is 0 Å². The van der Waals surface area contributed by atoms with Crippen molar-refractivity contribution in [2.75, 3.05) is 0 Å². The highest BCUT2D eigenvalue weighted by Crippen LogP contribution is 2.38. The van der Waals surface area contributed by atoms with Crippen LogP contribution >= 0.6 is 11.6 Å². The van der Waals surface area contributed by atoms with Crippen LogP contribution in [0.15, 0.2) is 48.8 Å². The smallest absolute Gasteiger partial charge is 0.0408 e. The molecule has 0 spiro atoms. The molecular formula is C17H19ClN2. The number of hydrogen-bond acceptors (Lipinski definition) is 2. The Bertz CT molecular complexity index is 564. The molecule has 0 aliphatic heterocycles. The lowest BCUT2D eigenvalue weighted by molar-refractivity contribution is 0.271. The van der Waals surface area contributed by atoms with Crippen molar-refractivity contribution in [2.24, 2.45) is 0 Å². The Labute approximate surface area is 125 Å². The number of halogens is 1. The van der Waals surface area contributed by atoms with Gasteiger partial charge in [0.1, 0.15) is 0 Å². The Hall–Kier alpha value is -1.38. The fourth-order valence-electron chi connectivity index (χ4n) is 2.87.